The van der Waals surface area contributed by atoms with E-state index >= 15 is 0 Å². The molecule has 0 bridgehead atoms. The number of rotatable bonds is 4. The SMILES string of the molecule is CN1CCCC(c2nc(CCC(=O)O)co2)C1. The second-order valence-electron chi connectivity index (χ2n) is 4.67. The molecule has 0 aromatic carbocycles. The zero-order chi connectivity index (χ0) is 12.3. The summed E-state index contributed by atoms with van der Waals surface area (Å²) in [6.07, 6.45) is 4.40. The highest BCUT2D eigenvalue weighted by molar-refractivity contribution is 5.66. The molecule has 1 aromatic rings. The van der Waals surface area contributed by atoms with Gasteiger partial charge in [-0.05, 0) is 26.4 Å². The Bertz CT molecular complexity index is 389. The molecule has 1 N–H and O–H groups in total. The molecule has 1 fully saturated rings. The number of oxazole rings is 1. The maximum Gasteiger partial charge on any atom is 0.303 e. The summed E-state index contributed by atoms with van der Waals surface area (Å²) in [6, 6.07) is 0. The van der Waals surface area contributed by atoms with Crippen molar-refractivity contribution in [1.29, 1.82) is 0 Å². The first-order valence-corrected chi connectivity index (χ1v) is 6.00. The third kappa shape index (κ3) is 3.30. The zero-order valence-corrected chi connectivity index (χ0v) is 10.1. The molecule has 1 aliphatic heterocycles. The molecule has 2 heterocycles. The van der Waals surface area contributed by atoms with Crippen molar-refractivity contribution < 1.29 is 14.3 Å². The van der Waals surface area contributed by atoms with Crippen molar-refractivity contribution in [3.63, 3.8) is 0 Å². The van der Waals surface area contributed by atoms with Crippen LogP contribution in [0.2, 0.25) is 0 Å². The van der Waals surface area contributed by atoms with Gasteiger partial charge in [0, 0.05) is 18.9 Å². The molecule has 0 aliphatic carbocycles. The van der Waals surface area contributed by atoms with Crippen molar-refractivity contribution in [3.05, 3.63) is 17.8 Å². The van der Waals surface area contributed by atoms with Gasteiger partial charge < -0.3 is 14.4 Å². The van der Waals surface area contributed by atoms with Gasteiger partial charge in [0.2, 0.25) is 0 Å². The molecule has 94 valence electrons. The number of aryl methyl sites for hydroxylation is 1. The van der Waals surface area contributed by atoms with Crippen molar-refractivity contribution in [3.8, 4) is 0 Å². The Balaban J connectivity index is 1.95. The van der Waals surface area contributed by atoms with E-state index in [0.29, 0.717) is 12.3 Å². The van der Waals surface area contributed by atoms with E-state index in [1.165, 1.54) is 0 Å². The highest BCUT2D eigenvalue weighted by atomic mass is 16.4. The van der Waals surface area contributed by atoms with Gasteiger partial charge in [-0.3, -0.25) is 4.79 Å². The van der Waals surface area contributed by atoms with Crippen molar-refractivity contribution in [1.82, 2.24) is 9.88 Å². The predicted molar refractivity (Wildman–Crippen MR) is 61.9 cm³/mol. The molecule has 17 heavy (non-hydrogen) atoms. The number of aliphatic carboxylic acids is 1. The fourth-order valence-corrected chi connectivity index (χ4v) is 2.23. The number of carboxylic acid groups (broad SMARTS) is 1. The number of carbonyl (C=O) groups is 1. The first-order chi connectivity index (χ1) is 8.15. The molecule has 1 atom stereocenters. The second kappa shape index (κ2) is 5.31. The van der Waals surface area contributed by atoms with Crippen LogP contribution in [0.25, 0.3) is 0 Å². The van der Waals surface area contributed by atoms with Gasteiger partial charge in [0.25, 0.3) is 0 Å². The largest absolute Gasteiger partial charge is 0.481 e. The molecular weight excluding hydrogens is 220 g/mol. The summed E-state index contributed by atoms with van der Waals surface area (Å²) in [6.45, 7) is 2.10. The standard InChI is InChI=1S/C12H18N2O3/c1-14-6-2-3-9(7-14)12-13-10(8-17-12)4-5-11(15)16/h8-9H,2-7H2,1H3,(H,15,16). The average Bonchev–Trinajstić information content (AvgIpc) is 2.75. The summed E-state index contributed by atoms with van der Waals surface area (Å²) in [5.74, 6) is 0.316. The maximum atomic E-state index is 10.5. The Morgan fingerprint density at radius 3 is 3.24 bits per heavy atom. The van der Waals surface area contributed by atoms with E-state index in [0.717, 1.165) is 37.5 Å². The number of piperidine rings is 1. The fraction of sp³-hybridized carbons (Fsp3) is 0.667. The van der Waals surface area contributed by atoms with E-state index in [4.69, 9.17) is 9.52 Å². The van der Waals surface area contributed by atoms with Crippen molar-refractivity contribution in [2.75, 3.05) is 20.1 Å². The lowest BCUT2D eigenvalue weighted by Gasteiger charge is -2.27. The van der Waals surface area contributed by atoms with Gasteiger partial charge in [-0.1, -0.05) is 0 Å². The number of aromatic nitrogens is 1. The van der Waals surface area contributed by atoms with Crippen molar-refractivity contribution >= 4 is 5.97 Å². The number of nitrogens with zero attached hydrogens (tertiary/aromatic N) is 2. The van der Waals surface area contributed by atoms with Crippen LogP contribution >= 0.6 is 0 Å². The maximum absolute atomic E-state index is 10.5. The van der Waals surface area contributed by atoms with Gasteiger partial charge in [-0.2, -0.15) is 0 Å². The number of likely N-dealkylation sites (tertiary alicyclic amines) is 1. The Morgan fingerprint density at radius 1 is 1.71 bits per heavy atom. The van der Waals surface area contributed by atoms with Gasteiger partial charge in [0.1, 0.15) is 6.26 Å². The topological polar surface area (TPSA) is 66.6 Å². The van der Waals surface area contributed by atoms with Crippen LogP contribution in [0.5, 0.6) is 0 Å². The minimum absolute atomic E-state index is 0.108. The number of carboxylic acids is 1. The number of hydrogen-bond acceptors (Lipinski definition) is 4. The summed E-state index contributed by atoms with van der Waals surface area (Å²) in [5, 5.41) is 8.60. The summed E-state index contributed by atoms with van der Waals surface area (Å²) >= 11 is 0. The zero-order valence-electron chi connectivity index (χ0n) is 10.1. The molecule has 1 saturated heterocycles. The van der Waals surface area contributed by atoms with E-state index in [1.807, 2.05) is 0 Å². The lowest BCUT2D eigenvalue weighted by atomic mass is 9.98. The smallest absolute Gasteiger partial charge is 0.303 e. The van der Waals surface area contributed by atoms with Crippen LogP contribution in [0.4, 0.5) is 0 Å². The lowest BCUT2D eigenvalue weighted by Crippen LogP contribution is -2.30. The third-order valence-corrected chi connectivity index (χ3v) is 3.14. The van der Waals surface area contributed by atoms with Crippen LogP contribution in [-0.2, 0) is 11.2 Å². The molecule has 1 aromatic heterocycles. The van der Waals surface area contributed by atoms with Crippen LogP contribution in [0.15, 0.2) is 10.7 Å². The van der Waals surface area contributed by atoms with Crippen molar-refractivity contribution in [2.45, 2.75) is 31.6 Å². The van der Waals surface area contributed by atoms with Crippen LogP contribution in [0.3, 0.4) is 0 Å². The first kappa shape index (κ1) is 12.1. The molecule has 0 saturated carbocycles. The normalized spacial score (nSPS) is 21.6. The van der Waals surface area contributed by atoms with E-state index in [-0.39, 0.29) is 6.42 Å². The molecule has 0 spiro atoms. The summed E-state index contributed by atoms with van der Waals surface area (Å²) < 4.78 is 5.45. The average molecular weight is 238 g/mol. The molecule has 2 rings (SSSR count). The Hall–Kier alpha value is -1.36. The van der Waals surface area contributed by atoms with Crippen LogP contribution in [0.1, 0.15) is 36.8 Å². The van der Waals surface area contributed by atoms with Gasteiger partial charge in [0.05, 0.1) is 12.1 Å². The fourth-order valence-electron chi connectivity index (χ4n) is 2.23. The molecule has 5 heteroatoms. The number of likely N-dealkylation sites (N-methyl/N-ethyl adjacent to an activating group) is 1. The molecule has 0 radical (unpaired) electrons. The summed E-state index contributed by atoms with van der Waals surface area (Å²) in [7, 11) is 2.10. The minimum atomic E-state index is -0.799. The second-order valence-corrected chi connectivity index (χ2v) is 4.67. The lowest BCUT2D eigenvalue weighted by molar-refractivity contribution is -0.136. The van der Waals surface area contributed by atoms with Gasteiger partial charge in [-0.15, -0.1) is 0 Å². The van der Waals surface area contributed by atoms with E-state index in [9.17, 15) is 4.79 Å². The summed E-state index contributed by atoms with van der Waals surface area (Å²) in [5.41, 5.74) is 0.746. The quantitative estimate of drug-likeness (QED) is 0.861. The highest BCUT2D eigenvalue weighted by Crippen LogP contribution is 2.25. The first-order valence-electron chi connectivity index (χ1n) is 6.00. The molecule has 5 nitrogen and oxygen atoms in total. The third-order valence-electron chi connectivity index (χ3n) is 3.14. The predicted octanol–water partition coefficient (Wildman–Crippen LogP) is 1.50. The monoisotopic (exact) mass is 238 g/mol. The van der Waals surface area contributed by atoms with Gasteiger partial charge in [-0.25, -0.2) is 4.98 Å². The van der Waals surface area contributed by atoms with E-state index < -0.39 is 5.97 Å². The van der Waals surface area contributed by atoms with Gasteiger partial charge in [0.15, 0.2) is 5.89 Å². The van der Waals surface area contributed by atoms with E-state index in [1.54, 1.807) is 6.26 Å². The molecular formula is C12H18N2O3. The summed E-state index contributed by atoms with van der Waals surface area (Å²) in [4.78, 5) is 17.1. The molecule has 1 unspecified atom stereocenters. The van der Waals surface area contributed by atoms with E-state index in [2.05, 4.69) is 16.9 Å². The van der Waals surface area contributed by atoms with Crippen LogP contribution in [-0.4, -0.2) is 41.1 Å². The number of hydrogen-bond donors (Lipinski definition) is 1. The molecule has 1 aliphatic rings. The van der Waals surface area contributed by atoms with Crippen molar-refractivity contribution in [2.24, 2.45) is 0 Å². The van der Waals surface area contributed by atoms with Crippen LogP contribution < -0.4 is 0 Å². The minimum Gasteiger partial charge on any atom is -0.481 e. The molecule has 0 amide bonds. The van der Waals surface area contributed by atoms with Crippen LogP contribution in [0, 0.1) is 0 Å². The Morgan fingerprint density at radius 2 is 2.53 bits per heavy atom. The Kier molecular flexibility index (Phi) is 3.78. The van der Waals surface area contributed by atoms with Gasteiger partial charge >= 0.3 is 5.97 Å². The Labute approximate surface area is 100 Å². The highest BCUT2D eigenvalue weighted by Gasteiger charge is 2.23.